The van der Waals surface area contributed by atoms with Gasteiger partial charge in [0.15, 0.2) is 0 Å². The van der Waals surface area contributed by atoms with Crippen molar-refractivity contribution in [3.63, 3.8) is 0 Å². The lowest BCUT2D eigenvalue weighted by atomic mass is 9.86. The fraction of sp³-hybridized carbons (Fsp3) is 0.650. The highest BCUT2D eigenvalue weighted by Crippen LogP contribution is 2.40. The van der Waals surface area contributed by atoms with E-state index in [1.54, 1.807) is 0 Å². The average molecular weight is 332 g/mol. The van der Waals surface area contributed by atoms with Gasteiger partial charge in [0.1, 0.15) is 5.37 Å². The van der Waals surface area contributed by atoms with Crippen molar-refractivity contribution in [2.24, 2.45) is 5.92 Å². The van der Waals surface area contributed by atoms with E-state index < -0.39 is 0 Å². The van der Waals surface area contributed by atoms with Gasteiger partial charge in [0.25, 0.3) is 0 Å². The lowest BCUT2D eigenvalue weighted by molar-refractivity contribution is -0.136. The molecule has 126 valence electrons. The van der Waals surface area contributed by atoms with Crippen LogP contribution in [0.1, 0.15) is 69.4 Å². The number of hydrogen-bond donors (Lipinski definition) is 0. The molecule has 2 fully saturated rings. The summed E-state index contributed by atoms with van der Waals surface area (Å²) in [5, 5.41) is 0.221. The Balaban J connectivity index is 1.74. The molecule has 1 saturated carbocycles. The van der Waals surface area contributed by atoms with E-state index in [0.717, 1.165) is 25.1 Å². The van der Waals surface area contributed by atoms with Crippen molar-refractivity contribution in [2.45, 2.75) is 63.7 Å². The summed E-state index contributed by atoms with van der Waals surface area (Å²) in [6.07, 6.45) is 5.94. The van der Waals surface area contributed by atoms with E-state index in [9.17, 15) is 4.79 Å². The fourth-order valence-corrected chi connectivity index (χ4v) is 4.97. The second-order valence-corrected chi connectivity index (χ2v) is 9.15. The zero-order valence-electron chi connectivity index (χ0n) is 14.7. The van der Waals surface area contributed by atoms with Gasteiger partial charge in [0, 0.05) is 18.2 Å². The number of hydrogen-bond acceptors (Lipinski definition) is 2. The van der Waals surface area contributed by atoms with Gasteiger partial charge in [-0.25, -0.2) is 0 Å². The van der Waals surface area contributed by atoms with Gasteiger partial charge in [0.2, 0.25) is 5.91 Å². The van der Waals surface area contributed by atoms with Crippen LogP contribution in [0.15, 0.2) is 24.3 Å². The van der Waals surface area contributed by atoms with Crippen LogP contribution in [0.5, 0.6) is 0 Å². The largest absolute Gasteiger partial charge is 0.325 e. The molecule has 0 bridgehead atoms. The molecule has 2 nitrogen and oxygen atoms in total. The molecule has 3 heteroatoms. The van der Waals surface area contributed by atoms with E-state index in [1.807, 2.05) is 11.8 Å². The van der Waals surface area contributed by atoms with E-state index in [-0.39, 0.29) is 16.7 Å². The Morgan fingerprint density at radius 3 is 2.35 bits per heavy atom. The van der Waals surface area contributed by atoms with Crippen molar-refractivity contribution >= 4 is 17.7 Å². The molecule has 1 amide bonds. The molecule has 1 aliphatic heterocycles. The topological polar surface area (TPSA) is 20.3 Å². The predicted molar refractivity (Wildman–Crippen MR) is 98.6 cm³/mol. The van der Waals surface area contributed by atoms with Gasteiger partial charge in [-0.1, -0.05) is 64.3 Å². The van der Waals surface area contributed by atoms with Crippen LogP contribution in [0.25, 0.3) is 0 Å². The fourth-order valence-electron chi connectivity index (χ4n) is 3.70. The Kier molecular flexibility index (Phi) is 5.05. The third kappa shape index (κ3) is 3.76. The van der Waals surface area contributed by atoms with Gasteiger partial charge >= 0.3 is 0 Å². The summed E-state index contributed by atoms with van der Waals surface area (Å²) in [6, 6.07) is 8.92. The van der Waals surface area contributed by atoms with Crippen LogP contribution < -0.4 is 0 Å². The number of carbonyl (C=O) groups is 1. The highest BCUT2D eigenvalue weighted by Gasteiger charge is 2.34. The predicted octanol–water partition coefficient (Wildman–Crippen LogP) is 5.14. The Morgan fingerprint density at radius 2 is 1.74 bits per heavy atom. The Labute approximate surface area is 145 Å². The van der Waals surface area contributed by atoms with Gasteiger partial charge in [-0.2, -0.15) is 0 Å². The molecular weight excluding hydrogens is 302 g/mol. The van der Waals surface area contributed by atoms with Gasteiger partial charge < -0.3 is 4.90 Å². The molecule has 0 aromatic heterocycles. The molecule has 3 rings (SSSR count). The summed E-state index contributed by atoms with van der Waals surface area (Å²) in [6.45, 7) is 7.63. The Hall–Kier alpha value is -0.960. The molecule has 1 aromatic carbocycles. The van der Waals surface area contributed by atoms with E-state index in [4.69, 9.17) is 0 Å². The first-order valence-corrected chi connectivity index (χ1v) is 10.0. The lowest BCUT2D eigenvalue weighted by Gasteiger charge is -2.30. The minimum Gasteiger partial charge on any atom is -0.325 e. The molecule has 23 heavy (non-hydrogen) atoms. The number of amides is 1. The van der Waals surface area contributed by atoms with Crippen molar-refractivity contribution in [3.8, 4) is 0 Å². The van der Waals surface area contributed by atoms with Crippen LogP contribution in [0.2, 0.25) is 0 Å². The summed E-state index contributed by atoms with van der Waals surface area (Å²) < 4.78 is 0. The SMILES string of the molecule is CC(C)(C)c1ccc(C2SCCN2C(=O)C2CCCCC2)cc1. The Bertz CT molecular complexity index is 540. The van der Waals surface area contributed by atoms with E-state index >= 15 is 0 Å². The highest BCUT2D eigenvalue weighted by atomic mass is 32.2. The van der Waals surface area contributed by atoms with Gasteiger partial charge in [-0.3, -0.25) is 4.79 Å². The van der Waals surface area contributed by atoms with Crippen LogP contribution in [-0.4, -0.2) is 23.1 Å². The summed E-state index contributed by atoms with van der Waals surface area (Å²) in [4.78, 5) is 15.1. The third-order valence-corrected chi connectivity index (χ3v) is 6.45. The number of thioether (sulfide) groups is 1. The lowest BCUT2D eigenvalue weighted by Crippen LogP contribution is -2.36. The normalized spacial score (nSPS) is 23.3. The molecule has 0 radical (unpaired) electrons. The average Bonchev–Trinajstić information content (AvgIpc) is 3.04. The first kappa shape index (κ1) is 16.9. The number of nitrogens with zero attached hydrogens (tertiary/aromatic N) is 1. The molecule has 2 aliphatic rings. The first-order chi connectivity index (χ1) is 11.0. The highest BCUT2D eigenvalue weighted by molar-refractivity contribution is 7.99. The molecule has 1 unspecified atom stereocenters. The van der Waals surface area contributed by atoms with Crippen LogP contribution in [0.3, 0.4) is 0 Å². The summed E-state index contributed by atoms with van der Waals surface area (Å²) >= 11 is 1.91. The maximum atomic E-state index is 12.9. The standard InChI is InChI=1S/C20H29NOS/c1-20(2,3)17-11-9-16(10-12-17)19-21(13-14-23-19)18(22)15-7-5-4-6-8-15/h9-12,15,19H,4-8,13-14H2,1-3H3. The van der Waals surface area contributed by atoms with Crippen molar-refractivity contribution in [2.75, 3.05) is 12.3 Å². The zero-order valence-corrected chi connectivity index (χ0v) is 15.5. The van der Waals surface area contributed by atoms with Crippen LogP contribution in [0.4, 0.5) is 0 Å². The minimum atomic E-state index is 0.180. The Morgan fingerprint density at radius 1 is 1.09 bits per heavy atom. The van der Waals surface area contributed by atoms with E-state index in [2.05, 4.69) is 49.9 Å². The van der Waals surface area contributed by atoms with E-state index in [1.165, 1.54) is 30.4 Å². The number of rotatable bonds is 2. The van der Waals surface area contributed by atoms with Crippen molar-refractivity contribution in [1.82, 2.24) is 4.90 Å². The number of benzene rings is 1. The summed E-state index contributed by atoms with van der Waals surface area (Å²) in [7, 11) is 0. The molecule has 0 spiro atoms. The smallest absolute Gasteiger partial charge is 0.226 e. The molecule has 1 aliphatic carbocycles. The maximum Gasteiger partial charge on any atom is 0.226 e. The quantitative estimate of drug-likeness (QED) is 0.748. The van der Waals surface area contributed by atoms with Gasteiger partial charge in [-0.05, 0) is 29.4 Å². The van der Waals surface area contributed by atoms with E-state index in [0.29, 0.717) is 5.91 Å². The molecule has 1 saturated heterocycles. The number of carbonyl (C=O) groups excluding carboxylic acids is 1. The molecule has 1 aromatic rings. The zero-order chi connectivity index (χ0) is 16.4. The van der Waals surface area contributed by atoms with Crippen LogP contribution in [0, 0.1) is 5.92 Å². The third-order valence-electron chi connectivity index (χ3n) is 5.19. The monoisotopic (exact) mass is 331 g/mol. The van der Waals surface area contributed by atoms with Crippen LogP contribution in [-0.2, 0) is 10.2 Å². The maximum absolute atomic E-state index is 12.9. The second-order valence-electron chi connectivity index (χ2n) is 7.96. The van der Waals surface area contributed by atoms with Crippen molar-refractivity contribution < 1.29 is 4.79 Å². The van der Waals surface area contributed by atoms with Gasteiger partial charge in [0.05, 0.1) is 0 Å². The van der Waals surface area contributed by atoms with Crippen molar-refractivity contribution in [3.05, 3.63) is 35.4 Å². The summed E-state index contributed by atoms with van der Waals surface area (Å²) in [5.74, 6) is 1.74. The minimum absolute atomic E-state index is 0.180. The first-order valence-electron chi connectivity index (χ1n) is 8.99. The van der Waals surface area contributed by atoms with Crippen LogP contribution >= 0.6 is 11.8 Å². The van der Waals surface area contributed by atoms with Gasteiger partial charge in [-0.15, -0.1) is 11.8 Å². The van der Waals surface area contributed by atoms with Crippen molar-refractivity contribution in [1.29, 1.82) is 0 Å². The molecule has 1 atom stereocenters. The molecule has 0 N–H and O–H groups in total. The summed E-state index contributed by atoms with van der Waals surface area (Å²) in [5.41, 5.74) is 2.82. The molecule has 1 heterocycles. The second kappa shape index (κ2) is 6.88. The molecular formula is C20H29NOS.